The lowest BCUT2D eigenvalue weighted by Gasteiger charge is -2.09. The molecule has 0 unspecified atom stereocenters. The van der Waals surface area contributed by atoms with E-state index in [-0.39, 0.29) is 11.6 Å². The Morgan fingerprint density at radius 1 is 0.875 bits per heavy atom. The van der Waals surface area contributed by atoms with Gasteiger partial charge in [-0.2, -0.15) is 10.1 Å². The zero-order chi connectivity index (χ0) is 17.1. The molecule has 3 aromatic rings. The van der Waals surface area contributed by atoms with Crippen LogP contribution in [0.2, 0.25) is 0 Å². The normalized spacial score (nSPS) is 10.5. The Morgan fingerprint density at radius 3 is 2.46 bits per heavy atom. The highest BCUT2D eigenvalue weighted by molar-refractivity contribution is 9.10. The first-order valence-corrected chi connectivity index (χ1v) is 7.45. The first-order chi connectivity index (χ1) is 11.5. The highest BCUT2D eigenvalue weighted by atomic mass is 79.9. The maximum Gasteiger partial charge on any atom is 0.249 e. The molecule has 2 aromatic carbocycles. The molecule has 0 atom stereocenters. The lowest BCUT2D eigenvalue weighted by Crippen LogP contribution is -2.05. The summed E-state index contributed by atoms with van der Waals surface area (Å²) in [4.78, 5) is 4.10. The summed E-state index contributed by atoms with van der Waals surface area (Å²) < 4.78 is 40.7. The quantitative estimate of drug-likeness (QED) is 0.635. The third-order valence-electron chi connectivity index (χ3n) is 2.98. The van der Waals surface area contributed by atoms with E-state index in [4.69, 9.17) is 0 Å². The number of para-hydroxylation sites is 1. The van der Waals surface area contributed by atoms with Crippen LogP contribution in [0.1, 0.15) is 0 Å². The van der Waals surface area contributed by atoms with E-state index >= 15 is 0 Å². The SMILES string of the molecule is Fc1ccc(Nc2nncc(Nc3ccccc3Br)n2)c(F)c1F. The molecule has 1 heterocycles. The number of halogens is 4. The largest absolute Gasteiger partial charge is 0.338 e. The van der Waals surface area contributed by atoms with Gasteiger partial charge in [0.2, 0.25) is 5.95 Å². The minimum atomic E-state index is -1.57. The van der Waals surface area contributed by atoms with Gasteiger partial charge in [0.05, 0.1) is 17.6 Å². The summed E-state index contributed by atoms with van der Waals surface area (Å²) in [6, 6.07) is 9.19. The van der Waals surface area contributed by atoms with Crippen LogP contribution >= 0.6 is 15.9 Å². The van der Waals surface area contributed by atoms with Crippen LogP contribution in [0.25, 0.3) is 0 Å². The molecule has 0 saturated heterocycles. The lowest BCUT2D eigenvalue weighted by molar-refractivity contribution is 0.449. The molecule has 0 aliphatic carbocycles. The standard InChI is InChI=1S/C15H9BrF3N5/c16-8-3-1-2-4-10(8)21-12-7-20-24-15(23-12)22-11-6-5-9(17)13(18)14(11)19/h1-7H,(H2,21,22,23,24). The van der Waals surface area contributed by atoms with E-state index in [9.17, 15) is 13.2 Å². The summed E-state index contributed by atoms with van der Waals surface area (Å²) in [5, 5.41) is 12.9. The monoisotopic (exact) mass is 395 g/mol. The predicted octanol–water partition coefficient (Wildman–Crippen LogP) is 4.54. The number of aromatic nitrogens is 3. The number of nitrogens with zero attached hydrogens (tertiary/aromatic N) is 3. The molecule has 1 aromatic heterocycles. The Morgan fingerprint density at radius 2 is 1.67 bits per heavy atom. The van der Waals surface area contributed by atoms with Gasteiger partial charge in [0.1, 0.15) is 0 Å². The topological polar surface area (TPSA) is 62.7 Å². The molecule has 3 rings (SSSR count). The van der Waals surface area contributed by atoms with Crippen molar-refractivity contribution >= 4 is 39.1 Å². The fourth-order valence-corrected chi connectivity index (χ4v) is 2.24. The van der Waals surface area contributed by atoms with Gasteiger partial charge in [-0.25, -0.2) is 13.2 Å². The molecular weight excluding hydrogens is 387 g/mol. The summed E-state index contributed by atoms with van der Waals surface area (Å²) in [6.07, 6.45) is 1.37. The van der Waals surface area contributed by atoms with Crippen LogP contribution in [0.3, 0.4) is 0 Å². The molecule has 0 bridgehead atoms. The fourth-order valence-electron chi connectivity index (χ4n) is 1.86. The molecule has 9 heteroatoms. The lowest BCUT2D eigenvalue weighted by atomic mass is 10.3. The number of hydrogen-bond acceptors (Lipinski definition) is 5. The molecular formula is C15H9BrF3N5. The summed E-state index contributed by atoms with van der Waals surface area (Å²) >= 11 is 3.38. The van der Waals surface area contributed by atoms with E-state index in [1.165, 1.54) is 6.20 Å². The minimum absolute atomic E-state index is 0.0723. The van der Waals surface area contributed by atoms with Gasteiger partial charge in [-0.15, -0.1) is 5.10 Å². The van der Waals surface area contributed by atoms with Crippen molar-refractivity contribution in [2.45, 2.75) is 0 Å². The summed E-state index contributed by atoms with van der Waals surface area (Å²) in [6.45, 7) is 0. The smallest absolute Gasteiger partial charge is 0.249 e. The third-order valence-corrected chi connectivity index (χ3v) is 3.67. The summed E-state index contributed by atoms with van der Waals surface area (Å²) in [5.41, 5.74) is 0.441. The Hall–Kier alpha value is -2.68. The van der Waals surface area contributed by atoms with Crippen molar-refractivity contribution in [1.29, 1.82) is 0 Å². The Kier molecular flexibility index (Phi) is 4.61. The van der Waals surface area contributed by atoms with Crippen molar-refractivity contribution < 1.29 is 13.2 Å². The van der Waals surface area contributed by atoms with Gasteiger partial charge in [-0.3, -0.25) is 0 Å². The van der Waals surface area contributed by atoms with Crippen LogP contribution in [0, 0.1) is 17.5 Å². The fraction of sp³-hybridized carbons (Fsp3) is 0. The van der Waals surface area contributed by atoms with E-state index in [0.29, 0.717) is 5.82 Å². The van der Waals surface area contributed by atoms with E-state index in [0.717, 1.165) is 22.3 Å². The number of rotatable bonds is 4. The zero-order valence-electron chi connectivity index (χ0n) is 11.9. The van der Waals surface area contributed by atoms with Crippen molar-refractivity contribution in [2.75, 3.05) is 10.6 Å². The second-order valence-electron chi connectivity index (χ2n) is 4.62. The minimum Gasteiger partial charge on any atom is -0.338 e. The Bertz CT molecular complexity index is 891. The van der Waals surface area contributed by atoms with Crippen LogP contribution < -0.4 is 10.6 Å². The summed E-state index contributed by atoms with van der Waals surface area (Å²) in [7, 11) is 0. The molecule has 0 amide bonds. The van der Waals surface area contributed by atoms with Crippen LogP contribution in [0.15, 0.2) is 47.1 Å². The molecule has 2 N–H and O–H groups in total. The second kappa shape index (κ2) is 6.83. The first-order valence-electron chi connectivity index (χ1n) is 6.66. The highest BCUT2D eigenvalue weighted by Gasteiger charge is 2.14. The van der Waals surface area contributed by atoms with E-state index in [2.05, 4.69) is 41.7 Å². The third kappa shape index (κ3) is 3.46. The van der Waals surface area contributed by atoms with Gasteiger partial charge in [-0.1, -0.05) is 12.1 Å². The molecule has 122 valence electrons. The van der Waals surface area contributed by atoms with Gasteiger partial charge in [0.15, 0.2) is 23.3 Å². The van der Waals surface area contributed by atoms with E-state index in [1.54, 1.807) is 0 Å². The molecule has 0 radical (unpaired) electrons. The number of benzene rings is 2. The van der Waals surface area contributed by atoms with Crippen molar-refractivity contribution in [3.05, 3.63) is 64.5 Å². The number of anilines is 4. The average molecular weight is 396 g/mol. The van der Waals surface area contributed by atoms with Crippen molar-refractivity contribution in [1.82, 2.24) is 15.2 Å². The van der Waals surface area contributed by atoms with Gasteiger partial charge < -0.3 is 10.6 Å². The van der Waals surface area contributed by atoms with Gasteiger partial charge in [-0.05, 0) is 40.2 Å². The van der Waals surface area contributed by atoms with Crippen molar-refractivity contribution in [3.8, 4) is 0 Å². The second-order valence-corrected chi connectivity index (χ2v) is 5.47. The average Bonchev–Trinajstić information content (AvgIpc) is 2.58. The maximum absolute atomic E-state index is 13.7. The van der Waals surface area contributed by atoms with E-state index in [1.807, 2.05) is 24.3 Å². The van der Waals surface area contributed by atoms with Crippen LogP contribution in [0.4, 0.5) is 36.3 Å². The van der Waals surface area contributed by atoms with Gasteiger partial charge in [0.25, 0.3) is 0 Å². The van der Waals surface area contributed by atoms with Gasteiger partial charge >= 0.3 is 0 Å². The van der Waals surface area contributed by atoms with Crippen molar-refractivity contribution in [3.63, 3.8) is 0 Å². The zero-order valence-corrected chi connectivity index (χ0v) is 13.5. The number of nitrogens with one attached hydrogen (secondary N) is 2. The predicted molar refractivity (Wildman–Crippen MR) is 86.9 cm³/mol. The summed E-state index contributed by atoms with van der Waals surface area (Å²) in [5.74, 6) is -3.95. The van der Waals surface area contributed by atoms with Crippen molar-refractivity contribution in [2.24, 2.45) is 0 Å². The molecule has 5 nitrogen and oxygen atoms in total. The van der Waals surface area contributed by atoms with Gasteiger partial charge in [0, 0.05) is 4.47 Å². The highest BCUT2D eigenvalue weighted by Crippen LogP contribution is 2.25. The molecule has 0 spiro atoms. The molecule has 0 saturated carbocycles. The molecule has 24 heavy (non-hydrogen) atoms. The van der Waals surface area contributed by atoms with Crippen LogP contribution in [-0.4, -0.2) is 15.2 Å². The molecule has 0 aliphatic rings. The Balaban J connectivity index is 1.84. The molecule has 0 aliphatic heterocycles. The Labute approximate surface area is 143 Å². The maximum atomic E-state index is 13.7. The van der Waals surface area contributed by atoms with Crippen LogP contribution in [-0.2, 0) is 0 Å². The molecule has 0 fully saturated rings. The number of hydrogen-bond donors (Lipinski definition) is 2. The van der Waals surface area contributed by atoms with Crippen LogP contribution in [0.5, 0.6) is 0 Å². The first kappa shape index (κ1) is 16.2. The van der Waals surface area contributed by atoms with E-state index < -0.39 is 17.5 Å².